The second-order valence-electron chi connectivity index (χ2n) is 8.03. The van der Waals surface area contributed by atoms with Gasteiger partial charge in [-0.3, -0.25) is 4.79 Å². The van der Waals surface area contributed by atoms with Gasteiger partial charge in [0.2, 0.25) is 5.88 Å². The molecule has 0 bridgehead atoms. The second-order valence-corrected chi connectivity index (χ2v) is 8.03. The predicted molar refractivity (Wildman–Crippen MR) is 121 cm³/mol. The van der Waals surface area contributed by atoms with E-state index in [-0.39, 0.29) is 23.0 Å². The number of nitriles is 1. The van der Waals surface area contributed by atoms with Crippen molar-refractivity contribution in [2.75, 3.05) is 25.1 Å². The summed E-state index contributed by atoms with van der Waals surface area (Å²) >= 11 is 0. The summed E-state index contributed by atoms with van der Waals surface area (Å²) in [6.07, 6.45) is 3.12. The molecular formula is C24H23F2N5O2. The van der Waals surface area contributed by atoms with E-state index in [0.717, 1.165) is 12.8 Å². The number of piperidine rings is 1. The van der Waals surface area contributed by atoms with Crippen molar-refractivity contribution < 1.29 is 13.5 Å². The molecule has 33 heavy (non-hydrogen) atoms. The Morgan fingerprint density at radius 3 is 2.61 bits per heavy atom. The Hall–Kier alpha value is -3.77. The van der Waals surface area contributed by atoms with Gasteiger partial charge in [0.15, 0.2) is 5.82 Å². The quantitative estimate of drug-likeness (QED) is 0.654. The van der Waals surface area contributed by atoms with Gasteiger partial charge in [0, 0.05) is 43.5 Å². The number of benzene rings is 1. The number of nitrogens with two attached hydrogens (primary N) is 1. The van der Waals surface area contributed by atoms with Gasteiger partial charge in [-0.2, -0.15) is 5.26 Å². The van der Waals surface area contributed by atoms with Gasteiger partial charge in [-0.05, 0) is 42.7 Å². The zero-order chi connectivity index (χ0) is 23.7. The van der Waals surface area contributed by atoms with Crippen molar-refractivity contribution in [2.45, 2.75) is 18.9 Å². The maximum Gasteiger partial charge on any atom is 0.274 e. The first-order valence-electron chi connectivity index (χ1n) is 10.5. The fourth-order valence-electron chi connectivity index (χ4n) is 4.22. The maximum atomic E-state index is 14.5. The van der Waals surface area contributed by atoms with E-state index in [9.17, 15) is 13.6 Å². The molecule has 170 valence electrons. The molecule has 1 saturated heterocycles. The number of ether oxygens (including phenoxy) is 1. The van der Waals surface area contributed by atoms with Crippen molar-refractivity contribution in [1.82, 2.24) is 9.55 Å². The zero-order valence-corrected chi connectivity index (χ0v) is 18.3. The number of halogens is 2. The molecule has 0 spiro atoms. The molecule has 3 heterocycles. The van der Waals surface area contributed by atoms with Gasteiger partial charge < -0.3 is 19.9 Å². The first-order valence-corrected chi connectivity index (χ1v) is 10.5. The van der Waals surface area contributed by atoms with Gasteiger partial charge in [0.05, 0.1) is 18.4 Å². The summed E-state index contributed by atoms with van der Waals surface area (Å²) in [5, 5.41) is 9.10. The van der Waals surface area contributed by atoms with Crippen LogP contribution in [0.4, 0.5) is 14.5 Å². The van der Waals surface area contributed by atoms with Gasteiger partial charge in [-0.25, -0.2) is 13.8 Å². The lowest BCUT2D eigenvalue weighted by Gasteiger charge is -2.33. The van der Waals surface area contributed by atoms with E-state index in [1.807, 2.05) is 4.90 Å². The van der Waals surface area contributed by atoms with Crippen molar-refractivity contribution in [3.8, 4) is 34.3 Å². The number of nitrogens with zero attached hydrogens (tertiary/aromatic N) is 4. The molecule has 2 aromatic heterocycles. The number of methoxy groups -OCH3 is 1. The Morgan fingerprint density at radius 2 is 1.97 bits per heavy atom. The molecule has 4 rings (SSSR count). The number of aromatic nitrogens is 2. The van der Waals surface area contributed by atoms with Crippen LogP contribution in [0, 0.1) is 23.0 Å². The Balaban J connectivity index is 1.98. The summed E-state index contributed by atoms with van der Waals surface area (Å²) in [7, 11) is 2.89. The molecule has 3 aromatic rings. The molecular weight excluding hydrogens is 428 g/mol. The predicted octanol–water partition coefficient (Wildman–Crippen LogP) is 3.20. The van der Waals surface area contributed by atoms with Gasteiger partial charge in [-0.15, -0.1) is 0 Å². The van der Waals surface area contributed by atoms with Crippen LogP contribution in [0.2, 0.25) is 0 Å². The molecule has 7 nitrogen and oxygen atoms in total. The van der Waals surface area contributed by atoms with Crippen molar-refractivity contribution in [2.24, 2.45) is 12.8 Å². The molecule has 2 N–H and O–H groups in total. The van der Waals surface area contributed by atoms with E-state index >= 15 is 0 Å². The highest BCUT2D eigenvalue weighted by Crippen LogP contribution is 2.35. The molecule has 1 aromatic carbocycles. The highest BCUT2D eigenvalue weighted by molar-refractivity contribution is 5.83. The zero-order valence-electron chi connectivity index (χ0n) is 18.3. The van der Waals surface area contributed by atoms with E-state index in [4.69, 9.17) is 15.7 Å². The lowest BCUT2D eigenvalue weighted by Crippen LogP contribution is -2.45. The first-order chi connectivity index (χ1) is 15.8. The van der Waals surface area contributed by atoms with Crippen LogP contribution in [0.1, 0.15) is 18.4 Å². The molecule has 1 aliphatic rings. The number of anilines is 1. The van der Waals surface area contributed by atoms with Gasteiger partial charge >= 0.3 is 0 Å². The summed E-state index contributed by atoms with van der Waals surface area (Å²) < 4.78 is 35.3. The number of rotatable bonds is 4. The van der Waals surface area contributed by atoms with Crippen molar-refractivity contribution in [3.63, 3.8) is 0 Å². The Labute approximate surface area is 189 Å². The SMILES string of the molecule is COc1ncc(-c2c(-c3ccc(C#N)c(F)c3)cc(N3CCC[C@H](N)C3)c(=O)n2C)cc1F. The van der Waals surface area contributed by atoms with E-state index in [1.54, 1.807) is 25.2 Å². The fraction of sp³-hybridized carbons (Fsp3) is 0.292. The van der Waals surface area contributed by atoms with Crippen LogP contribution in [-0.2, 0) is 7.05 Å². The largest absolute Gasteiger partial charge is 0.479 e. The summed E-state index contributed by atoms with van der Waals surface area (Å²) in [5.41, 5.74) is 7.81. The first kappa shape index (κ1) is 22.4. The van der Waals surface area contributed by atoms with Crippen molar-refractivity contribution >= 4 is 5.69 Å². The van der Waals surface area contributed by atoms with Crippen molar-refractivity contribution in [3.05, 3.63) is 64.1 Å². The molecule has 0 unspecified atom stereocenters. The summed E-state index contributed by atoms with van der Waals surface area (Å²) in [4.78, 5) is 19.3. The number of hydrogen-bond donors (Lipinski definition) is 1. The minimum absolute atomic E-state index is 0.0566. The molecule has 9 heteroatoms. The van der Waals surface area contributed by atoms with Crippen LogP contribution < -0.4 is 20.9 Å². The third kappa shape index (κ3) is 4.17. The molecule has 0 aliphatic carbocycles. The fourth-order valence-corrected chi connectivity index (χ4v) is 4.22. The smallest absolute Gasteiger partial charge is 0.274 e. The van der Waals surface area contributed by atoms with Gasteiger partial charge in [-0.1, -0.05) is 6.07 Å². The van der Waals surface area contributed by atoms with Crippen LogP contribution in [0.25, 0.3) is 22.4 Å². The summed E-state index contributed by atoms with van der Waals surface area (Å²) in [5.74, 6) is -1.55. The topological polar surface area (TPSA) is 97.2 Å². The van der Waals surface area contributed by atoms with Gasteiger partial charge in [0.1, 0.15) is 17.6 Å². The maximum absolute atomic E-state index is 14.5. The van der Waals surface area contributed by atoms with Crippen LogP contribution >= 0.6 is 0 Å². The normalized spacial score (nSPS) is 15.9. The lowest BCUT2D eigenvalue weighted by molar-refractivity contribution is 0.369. The molecule has 0 radical (unpaired) electrons. The van der Waals surface area contributed by atoms with Crippen LogP contribution in [0.5, 0.6) is 5.88 Å². The average molecular weight is 451 g/mol. The molecule has 1 atom stereocenters. The molecule has 0 amide bonds. The van der Waals surface area contributed by atoms with Crippen LogP contribution in [0.15, 0.2) is 41.3 Å². The minimum atomic E-state index is -0.689. The third-order valence-corrected chi connectivity index (χ3v) is 5.87. The molecule has 1 aliphatic heterocycles. The van der Waals surface area contributed by atoms with Gasteiger partial charge in [0.25, 0.3) is 5.56 Å². The van der Waals surface area contributed by atoms with E-state index in [1.165, 1.54) is 36.1 Å². The van der Waals surface area contributed by atoms with Crippen LogP contribution in [-0.4, -0.2) is 35.8 Å². The highest BCUT2D eigenvalue weighted by Gasteiger charge is 2.24. The van der Waals surface area contributed by atoms with Crippen molar-refractivity contribution in [1.29, 1.82) is 5.26 Å². The third-order valence-electron chi connectivity index (χ3n) is 5.87. The standard InChI is InChI=1S/C24H23F2N5O2/c1-30-22(16-9-20(26)23(33-2)29-12-16)18(14-5-6-15(11-27)19(25)8-14)10-21(24(30)32)31-7-3-4-17(28)13-31/h5-6,8-10,12,17H,3-4,7,13,28H2,1-2H3/t17-/m0/s1. The van der Waals surface area contributed by atoms with E-state index in [0.29, 0.717) is 41.2 Å². The average Bonchev–Trinajstić information content (AvgIpc) is 2.80. The number of pyridine rings is 2. The minimum Gasteiger partial charge on any atom is -0.479 e. The summed E-state index contributed by atoms with van der Waals surface area (Å²) in [6.45, 7) is 1.19. The second kappa shape index (κ2) is 9.00. The monoisotopic (exact) mass is 451 g/mol. The lowest BCUT2D eigenvalue weighted by atomic mass is 9.97. The van der Waals surface area contributed by atoms with E-state index < -0.39 is 11.6 Å². The van der Waals surface area contributed by atoms with Crippen LogP contribution in [0.3, 0.4) is 0 Å². The van der Waals surface area contributed by atoms with E-state index in [2.05, 4.69) is 4.98 Å². The highest BCUT2D eigenvalue weighted by atomic mass is 19.1. The Morgan fingerprint density at radius 1 is 1.21 bits per heavy atom. The Kier molecular flexibility index (Phi) is 6.11. The Bertz CT molecular complexity index is 1320. The number of hydrogen-bond acceptors (Lipinski definition) is 6. The summed E-state index contributed by atoms with van der Waals surface area (Å²) in [6, 6.07) is 8.86. The molecule has 1 fully saturated rings. The molecule has 0 saturated carbocycles.